The van der Waals surface area contributed by atoms with Crippen molar-refractivity contribution in [3.8, 4) is 11.5 Å². The highest BCUT2D eigenvalue weighted by Gasteiger charge is 2.31. The maximum atomic E-state index is 13.0. The summed E-state index contributed by atoms with van der Waals surface area (Å²) in [5.74, 6) is 0.552. The lowest BCUT2D eigenvalue weighted by Crippen LogP contribution is -2.43. The molecule has 0 unspecified atom stereocenters. The van der Waals surface area contributed by atoms with Crippen LogP contribution in [0, 0.1) is 0 Å². The summed E-state index contributed by atoms with van der Waals surface area (Å²) in [5, 5.41) is 0. The number of ether oxygens (including phenoxy) is 4. The number of thioether (sulfide) groups is 1. The van der Waals surface area contributed by atoms with Gasteiger partial charge < -0.3 is 23.8 Å². The van der Waals surface area contributed by atoms with E-state index in [1.165, 1.54) is 11.8 Å². The predicted molar refractivity (Wildman–Crippen MR) is 145 cm³/mol. The first-order valence-corrected chi connectivity index (χ1v) is 13.8. The highest BCUT2D eigenvalue weighted by atomic mass is 32.2. The maximum Gasteiger partial charge on any atom is 0.305 e. The fraction of sp³-hybridized carbons (Fsp3) is 0.538. The summed E-state index contributed by atoms with van der Waals surface area (Å²) >= 11 is 6.70. The van der Waals surface area contributed by atoms with Crippen molar-refractivity contribution in [2.45, 2.75) is 39.5 Å². The van der Waals surface area contributed by atoms with E-state index >= 15 is 0 Å². The van der Waals surface area contributed by atoms with Crippen molar-refractivity contribution in [3.63, 3.8) is 0 Å². The molecule has 202 valence electrons. The molecule has 1 aromatic rings. The Labute approximate surface area is 227 Å². The number of morpholine rings is 1. The number of hydrogen-bond donors (Lipinski definition) is 0. The molecular formula is C26H34N2O7S2. The lowest BCUT2D eigenvalue weighted by molar-refractivity contribution is -0.143. The molecule has 3 rings (SSSR count). The minimum atomic E-state index is -0.192. The monoisotopic (exact) mass is 550 g/mol. The summed E-state index contributed by atoms with van der Waals surface area (Å²) in [6, 6.07) is 5.35. The van der Waals surface area contributed by atoms with Crippen LogP contribution in [0.1, 0.15) is 45.1 Å². The second-order valence-electron chi connectivity index (χ2n) is 8.37. The normalized spacial score (nSPS) is 16.9. The molecule has 0 N–H and O–H groups in total. The Hall–Kier alpha value is -2.63. The lowest BCUT2D eigenvalue weighted by Gasteiger charge is -2.26. The number of unbranched alkanes of at least 4 members (excludes halogenated alkanes) is 2. The van der Waals surface area contributed by atoms with Crippen LogP contribution in [0.15, 0.2) is 23.1 Å². The molecule has 2 saturated heterocycles. The molecule has 1 aromatic carbocycles. The second-order valence-corrected chi connectivity index (χ2v) is 10.0. The Morgan fingerprint density at radius 1 is 1.08 bits per heavy atom. The number of carbonyl (C=O) groups is 3. The van der Waals surface area contributed by atoms with E-state index in [-0.39, 0.29) is 24.4 Å². The first-order chi connectivity index (χ1) is 17.9. The number of hydrogen-bond acceptors (Lipinski definition) is 9. The number of amides is 2. The highest BCUT2D eigenvalue weighted by Crippen LogP contribution is 2.35. The van der Waals surface area contributed by atoms with Crippen LogP contribution >= 0.6 is 24.0 Å². The summed E-state index contributed by atoms with van der Waals surface area (Å²) in [7, 11) is 0. The van der Waals surface area contributed by atoms with Gasteiger partial charge in [0.15, 0.2) is 18.1 Å². The maximum absolute atomic E-state index is 13.0. The SMILES string of the molecule is CCOC(=O)CCCCCN1C(=O)/C(=C\c2ccc(OCC(=O)N3CCOCC3)c(OCC)c2)SC1=S. The van der Waals surface area contributed by atoms with Crippen molar-refractivity contribution in [1.82, 2.24) is 9.80 Å². The van der Waals surface area contributed by atoms with Crippen LogP contribution in [-0.4, -0.2) is 84.6 Å². The van der Waals surface area contributed by atoms with E-state index in [9.17, 15) is 14.4 Å². The molecule has 0 bridgehead atoms. The minimum Gasteiger partial charge on any atom is -0.490 e. The van der Waals surface area contributed by atoms with Crippen LogP contribution < -0.4 is 9.47 Å². The van der Waals surface area contributed by atoms with Gasteiger partial charge in [-0.3, -0.25) is 19.3 Å². The molecule has 11 heteroatoms. The number of carbonyl (C=O) groups excluding carboxylic acids is 3. The topological polar surface area (TPSA) is 94.6 Å². The Bertz CT molecular complexity index is 1010. The molecule has 2 amide bonds. The molecule has 2 aliphatic heterocycles. The molecule has 0 aromatic heterocycles. The van der Waals surface area contributed by atoms with Crippen LogP contribution in [-0.2, 0) is 23.9 Å². The van der Waals surface area contributed by atoms with Crippen LogP contribution in [0.3, 0.4) is 0 Å². The summed E-state index contributed by atoms with van der Waals surface area (Å²) in [5.41, 5.74) is 0.769. The summed E-state index contributed by atoms with van der Waals surface area (Å²) in [6.45, 7) is 7.09. The van der Waals surface area contributed by atoms with Crippen LogP contribution in [0.25, 0.3) is 6.08 Å². The molecule has 9 nitrogen and oxygen atoms in total. The van der Waals surface area contributed by atoms with E-state index in [0.717, 1.165) is 24.8 Å². The molecule has 0 atom stereocenters. The highest BCUT2D eigenvalue weighted by molar-refractivity contribution is 8.26. The van der Waals surface area contributed by atoms with Crippen molar-refractivity contribution in [2.24, 2.45) is 0 Å². The van der Waals surface area contributed by atoms with Crippen molar-refractivity contribution in [3.05, 3.63) is 28.7 Å². The van der Waals surface area contributed by atoms with Gasteiger partial charge in [-0.15, -0.1) is 0 Å². The van der Waals surface area contributed by atoms with Gasteiger partial charge in [0.05, 0.1) is 31.3 Å². The van der Waals surface area contributed by atoms with E-state index < -0.39 is 0 Å². The number of benzene rings is 1. The minimum absolute atomic E-state index is 0.0854. The van der Waals surface area contributed by atoms with Gasteiger partial charge in [-0.1, -0.05) is 36.5 Å². The summed E-state index contributed by atoms with van der Waals surface area (Å²) in [4.78, 5) is 40.7. The van der Waals surface area contributed by atoms with E-state index in [4.69, 9.17) is 31.2 Å². The van der Waals surface area contributed by atoms with Crippen LogP contribution in [0.4, 0.5) is 0 Å². The second kappa shape index (κ2) is 14.9. The van der Waals surface area contributed by atoms with Crippen molar-refractivity contribution in [1.29, 1.82) is 0 Å². The summed E-state index contributed by atoms with van der Waals surface area (Å²) < 4.78 is 22.2. The molecule has 0 aliphatic carbocycles. The Kier molecular flexibility index (Phi) is 11.7. The third-order valence-electron chi connectivity index (χ3n) is 5.72. The van der Waals surface area contributed by atoms with Gasteiger partial charge in [-0.05, 0) is 50.5 Å². The molecule has 2 fully saturated rings. The van der Waals surface area contributed by atoms with Gasteiger partial charge in [-0.2, -0.15) is 0 Å². The van der Waals surface area contributed by atoms with E-state index in [1.807, 2.05) is 13.0 Å². The molecule has 2 aliphatic rings. The number of esters is 1. The van der Waals surface area contributed by atoms with Crippen molar-refractivity contribution >= 4 is 52.2 Å². The van der Waals surface area contributed by atoms with Gasteiger partial charge in [0, 0.05) is 26.1 Å². The molecule has 0 radical (unpaired) electrons. The van der Waals surface area contributed by atoms with Crippen LogP contribution in [0.2, 0.25) is 0 Å². The zero-order valence-corrected chi connectivity index (χ0v) is 23.0. The smallest absolute Gasteiger partial charge is 0.305 e. The van der Waals surface area contributed by atoms with Crippen molar-refractivity contribution < 1.29 is 33.3 Å². The fourth-order valence-electron chi connectivity index (χ4n) is 3.84. The molecule has 2 heterocycles. The zero-order chi connectivity index (χ0) is 26.6. The standard InChI is InChI=1S/C26H34N2O7S2/c1-3-33-21-16-19(9-10-20(21)35-18-23(29)27-12-14-32-15-13-27)17-22-25(31)28(26(36)37-22)11-7-5-6-8-24(30)34-4-2/h9-10,16-17H,3-8,11-15,18H2,1-2H3/b22-17+. The van der Waals surface area contributed by atoms with Gasteiger partial charge in [-0.25, -0.2) is 0 Å². The van der Waals surface area contributed by atoms with E-state index in [1.54, 1.807) is 34.9 Å². The molecular weight excluding hydrogens is 516 g/mol. The Morgan fingerprint density at radius 3 is 2.59 bits per heavy atom. The third kappa shape index (κ3) is 8.72. The van der Waals surface area contributed by atoms with Crippen molar-refractivity contribution in [2.75, 3.05) is 52.7 Å². The van der Waals surface area contributed by atoms with Gasteiger partial charge in [0.2, 0.25) is 0 Å². The predicted octanol–water partition coefficient (Wildman–Crippen LogP) is 3.65. The fourth-order valence-corrected chi connectivity index (χ4v) is 5.15. The Morgan fingerprint density at radius 2 is 1.86 bits per heavy atom. The average Bonchev–Trinajstić information content (AvgIpc) is 3.16. The summed E-state index contributed by atoms with van der Waals surface area (Å²) in [6.07, 6.45) is 4.45. The first-order valence-electron chi connectivity index (χ1n) is 12.6. The first kappa shape index (κ1) is 28.9. The largest absolute Gasteiger partial charge is 0.490 e. The number of rotatable bonds is 13. The number of nitrogens with zero attached hydrogens (tertiary/aromatic N) is 2. The van der Waals surface area contributed by atoms with E-state index in [2.05, 4.69) is 0 Å². The molecule has 0 spiro atoms. The van der Waals surface area contributed by atoms with Gasteiger partial charge in [0.1, 0.15) is 4.32 Å². The van der Waals surface area contributed by atoms with Crippen LogP contribution in [0.5, 0.6) is 11.5 Å². The third-order valence-corrected chi connectivity index (χ3v) is 7.10. The molecule has 0 saturated carbocycles. The Balaban J connectivity index is 1.57. The van der Waals surface area contributed by atoms with Gasteiger partial charge >= 0.3 is 5.97 Å². The quantitative estimate of drug-likeness (QED) is 0.158. The average molecular weight is 551 g/mol. The van der Waals surface area contributed by atoms with E-state index in [0.29, 0.717) is 73.2 Å². The van der Waals surface area contributed by atoms with Gasteiger partial charge in [0.25, 0.3) is 11.8 Å². The number of thiocarbonyl (C=S) groups is 1. The zero-order valence-electron chi connectivity index (χ0n) is 21.4. The molecule has 37 heavy (non-hydrogen) atoms. The lowest BCUT2D eigenvalue weighted by atomic mass is 10.1.